The molecule has 2 aromatic rings. The Morgan fingerprint density at radius 1 is 1.06 bits per heavy atom. The van der Waals surface area contributed by atoms with Crippen LogP contribution in [-0.2, 0) is 29.3 Å². The molecule has 0 bridgehead atoms. The Balaban J connectivity index is 2.19. The Morgan fingerprint density at radius 3 is 2.30 bits per heavy atom. The molecular formula is C24H20N4O5. The minimum atomic E-state index is -1.99. The van der Waals surface area contributed by atoms with Gasteiger partial charge in [-0.1, -0.05) is 35.9 Å². The van der Waals surface area contributed by atoms with Gasteiger partial charge in [-0.25, -0.2) is 9.59 Å². The highest BCUT2D eigenvalue weighted by Gasteiger charge is 2.61. The average molecular weight is 444 g/mol. The Kier molecular flexibility index (Phi) is 5.14. The highest BCUT2D eigenvalue weighted by atomic mass is 16.5. The highest BCUT2D eigenvalue weighted by Crippen LogP contribution is 2.53. The number of anilines is 2. The number of nitriles is 1. The standard InChI is InChI=1S/C24H20N4O5/c1-13-8-10-14(11-9-13)28-19(22(30)33-3)18(21(29)32-2)24(16(12-25)20(28)26)15-6-4-5-7-17(15)27-23(24)31/h4-11H,26H2,1-3H3,(H,27,31)/t24-/m1/s1. The first-order valence-corrected chi connectivity index (χ1v) is 9.92. The summed E-state index contributed by atoms with van der Waals surface area (Å²) in [6.45, 7) is 1.88. The minimum Gasteiger partial charge on any atom is -0.466 e. The summed E-state index contributed by atoms with van der Waals surface area (Å²) in [6.07, 6.45) is 0. The molecule has 3 N–H and O–H groups in total. The third-order valence-electron chi connectivity index (χ3n) is 5.80. The Hall–Kier alpha value is -4.58. The summed E-state index contributed by atoms with van der Waals surface area (Å²) in [5, 5.41) is 12.9. The van der Waals surface area contributed by atoms with Gasteiger partial charge in [-0.3, -0.25) is 9.69 Å². The maximum absolute atomic E-state index is 13.5. The first-order chi connectivity index (χ1) is 15.8. The fraction of sp³-hybridized carbons (Fsp3) is 0.167. The molecule has 2 aliphatic heterocycles. The van der Waals surface area contributed by atoms with Crippen LogP contribution in [0.25, 0.3) is 0 Å². The van der Waals surface area contributed by atoms with E-state index in [2.05, 4.69) is 5.32 Å². The quantitative estimate of drug-likeness (QED) is 0.687. The van der Waals surface area contributed by atoms with Crippen molar-refractivity contribution in [2.24, 2.45) is 5.73 Å². The van der Waals surface area contributed by atoms with E-state index in [9.17, 15) is 19.6 Å². The van der Waals surface area contributed by atoms with E-state index in [1.165, 1.54) is 4.90 Å². The lowest BCUT2D eigenvalue weighted by molar-refractivity contribution is -0.140. The third kappa shape index (κ3) is 2.88. The zero-order valence-corrected chi connectivity index (χ0v) is 18.1. The van der Waals surface area contributed by atoms with Gasteiger partial charge in [0.25, 0.3) is 0 Å². The highest BCUT2D eigenvalue weighted by molar-refractivity contribution is 6.20. The number of nitrogens with two attached hydrogens (primary N) is 1. The number of nitrogens with zero attached hydrogens (tertiary/aromatic N) is 2. The predicted molar refractivity (Wildman–Crippen MR) is 118 cm³/mol. The van der Waals surface area contributed by atoms with Crippen molar-refractivity contribution in [3.8, 4) is 6.07 Å². The summed E-state index contributed by atoms with van der Waals surface area (Å²) in [4.78, 5) is 41.2. The Morgan fingerprint density at radius 2 is 1.70 bits per heavy atom. The maximum atomic E-state index is 13.5. The van der Waals surface area contributed by atoms with Gasteiger partial charge in [0.05, 0.1) is 25.4 Å². The number of hydrogen-bond donors (Lipinski definition) is 2. The van der Waals surface area contributed by atoms with Crippen molar-refractivity contribution in [1.82, 2.24) is 0 Å². The molecule has 166 valence electrons. The van der Waals surface area contributed by atoms with E-state index in [1.807, 2.05) is 13.0 Å². The molecule has 33 heavy (non-hydrogen) atoms. The van der Waals surface area contributed by atoms with Gasteiger partial charge < -0.3 is 20.5 Å². The van der Waals surface area contributed by atoms with Crippen LogP contribution in [0.2, 0.25) is 0 Å². The molecule has 0 saturated carbocycles. The molecule has 2 heterocycles. The van der Waals surface area contributed by atoms with Gasteiger partial charge in [0, 0.05) is 16.9 Å². The normalized spacial score (nSPS) is 19.2. The number of aryl methyl sites for hydroxylation is 1. The maximum Gasteiger partial charge on any atom is 0.355 e. The van der Waals surface area contributed by atoms with E-state index in [4.69, 9.17) is 15.2 Å². The second kappa shape index (κ2) is 7.84. The van der Waals surface area contributed by atoms with E-state index in [0.717, 1.165) is 19.8 Å². The fourth-order valence-electron chi connectivity index (χ4n) is 4.34. The second-order valence-electron chi connectivity index (χ2n) is 7.50. The van der Waals surface area contributed by atoms with E-state index in [-0.39, 0.29) is 22.7 Å². The number of fused-ring (bicyclic) bond motifs is 2. The van der Waals surface area contributed by atoms with Crippen molar-refractivity contribution in [2.45, 2.75) is 12.3 Å². The Labute approximate surface area is 189 Å². The monoisotopic (exact) mass is 444 g/mol. The van der Waals surface area contributed by atoms with Gasteiger partial charge >= 0.3 is 11.9 Å². The largest absolute Gasteiger partial charge is 0.466 e. The van der Waals surface area contributed by atoms with Crippen LogP contribution in [0.15, 0.2) is 71.2 Å². The zero-order chi connectivity index (χ0) is 23.9. The van der Waals surface area contributed by atoms with Gasteiger partial charge in [-0.2, -0.15) is 5.26 Å². The summed E-state index contributed by atoms with van der Waals surface area (Å²) in [5.41, 5.74) is 5.64. The molecular weight excluding hydrogens is 424 g/mol. The minimum absolute atomic E-state index is 0.179. The van der Waals surface area contributed by atoms with Crippen LogP contribution in [0.5, 0.6) is 0 Å². The number of methoxy groups -OCH3 is 2. The fourth-order valence-corrected chi connectivity index (χ4v) is 4.34. The van der Waals surface area contributed by atoms with Crippen molar-refractivity contribution >= 4 is 29.2 Å². The molecule has 1 amide bonds. The van der Waals surface area contributed by atoms with Gasteiger partial charge in [-0.15, -0.1) is 0 Å². The Bertz CT molecular complexity index is 1300. The molecule has 1 spiro atoms. The predicted octanol–water partition coefficient (Wildman–Crippen LogP) is 2.00. The molecule has 0 aromatic heterocycles. The summed E-state index contributed by atoms with van der Waals surface area (Å²) >= 11 is 0. The van der Waals surface area contributed by atoms with Crippen molar-refractivity contribution in [2.75, 3.05) is 24.4 Å². The number of para-hydroxylation sites is 1. The smallest absolute Gasteiger partial charge is 0.355 e. The van der Waals surface area contributed by atoms with Gasteiger partial charge in [-0.05, 0) is 25.1 Å². The van der Waals surface area contributed by atoms with Crippen LogP contribution in [0.3, 0.4) is 0 Å². The van der Waals surface area contributed by atoms with Crippen LogP contribution in [-0.4, -0.2) is 32.1 Å². The summed E-state index contributed by atoms with van der Waals surface area (Å²) in [6, 6.07) is 15.5. The van der Waals surface area contributed by atoms with Crippen molar-refractivity contribution in [3.63, 3.8) is 0 Å². The molecule has 0 saturated heterocycles. The molecule has 0 fully saturated rings. The number of ether oxygens (including phenoxy) is 2. The van der Waals surface area contributed by atoms with Crippen LogP contribution in [0.1, 0.15) is 11.1 Å². The van der Waals surface area contributed by atoms with Crippen molar-refractivity contribution in [3.05, 3.63) is 82.3 Å². The summed E-state index contributed by atoms with van der Waals surface area (Å²) in [7, 11) is 2.27. The second-order valence-corrected chi connectivity index (χ2v) is 7.50. The molecule has 0 radical (unpaired) electrons. The number of rotatable bonds is 3. The van der Waals surface area contributed by atoms with Crippen molar-refractivity contribution < 1.29 is 23.9 Å². The van der Waals surface area contributed by atoms with E-state index >= 15 is 0 Å². The molecule has 2 aromatic carbocycles. The first kappa shape index (κ1) is 21.6. The summed E-state index contributed by atoms with van der Waals surface area (Å²) in [5.74, 6) is -2.78. The van der Waals surface area contributed by atoms with Crippen LogP contribution < -0.4 is 16.0 Å². The number of amides is 1. The summed E-state index contributed by atoms with van der Waals surface area (Å²) < 4.78 is 10.0. The van der Waals surface area contributed by atoms with Gasteiger partial charge in [0.2, 0.25) is 5.91 Å². The third-order valence-corrected chi connectivity index (χ3v) is 5.80. The van der Waals surface area contributed by atoms with Crippen LogP contribution in [0, 0.1) is 18.3 Å². The van der Waals surface area contributed by atoms with Crippen molar-refractivity contribution in [1.29, 1.82) is 5.26 Å². The number of nitrogens with one attached hydrogen (secondary N) is 1. The average Bonchev–Trinajstić information content (AvgIpc) is 3.11. The lowest BCUT2D eigenvalue weighted by Gasteiger charge is -2.40. The molecule has 2 aliphatic rings. The number of hydrogen-bond acceptors (Lipinski definition) is 8. The van der Waals surface area contributed by atoms with Gasteiger partial charge in [0.1, 0.15) is 23.0 Å². The molecule has 0 unspecified atom stereocenters. The molecule has 4 rings (SSSR count). The lowest BCUT2D eigenvalue weighted by Crippen LogP contribution is -2.51. The lowest BCUT2D eigenvalue weighted by atomic mass is 9.67. The van der Waals surface area contributed by atoms with Gasteiger partial charge in [0.15, 0.2) is 0 Å². The number of esters is 2. The first-order valence-electron chi connectivity index (χ1n) is 9.92. The topological polar surface area (TPSA) is 135 Å². The van der Waals surface area contributed by atoms with E-state index in [1.54, 1.807) is 48.5 Å². The number of carbonyl (C=O) groups excluding carboxylic acids is 3. The molecule has 9 nitrogen and oxygen atoms in total. The molecule has 0 aliphatic carbocycles. The zero-order valence-electron chi connectivity index (χ0n) is 18.1. The van der Waals surface area contributed by atoms with E-state index < -0.39 is 23.3 Å². The van der Waals surface area contributed by atoms with E-state index in [0.29, 0.717) is 16.9 Å². The SMILES string of the molecule is COC(=O)C1=C(C(=O)OC)[C@]2(C(=O)Nc3ccccc32)C(C#N)=C(N)N1c1ccc(C)cc1. The molecule has 1 atom stereocenters. The van der Waals surface area contributed by atoms with Crippen LogP contribution >= 0.6 is 0 Å². The van der Waals surface area contributed by atoms with Crippen LogP contribution in [0.4, 0.5) is 11.4 Å². The molecule has 9 heteroatoms. The number of benzene rings is 2. The number of carbonyl (C=O) groups is 3.